The number of rotatable bonds is 1. The number of nitrogens with one attached hydrogen (secondary N) is 1. The Labute approximate surface area is 109 Å². The molecule has 0 amide bonds. The zero-order valence-electron chi connectivity index (χ0n) is 12.8. The number of hydrogen-bond acceptors (Lipinski definition) is 1. The highest BCUT2D eigenvalue weighted by atomic mass is 14.8. The molecular weight excluding hydrogens is 206 g/mol. The summed E-state index contributed by atoms with van der Waals surface area (Å²) >= 11 is 0. The van der Waals surface area contributed by atoms with Gasteiger partial charge in [0.15, 0.2) is 0 Å². The van der Waals surface area contributed by atoms with Crippen molar-refractivity contribution in [1.82, 2.24) is 5.32 Å². The fraction of sp³-hybridized carbons (Fsp3) is 0.500. The highest BCUT2D eigenvalue weighted by Gasteiger charge is 1.97. The Morgan fingerprint density at radius 1 is 1.12 bits per heavy atom. The van der Waals surface area contributed by atoms with E-state index in [1.807, 2.05) is 66.0 Å². The molecule has 100 valence electrons. The first-order valence-corrected chi connectivity index (χ1v) is 6.56. The summed E-state index contributed by atoms with van der Waals surface area (Å²) in [4.78, 5) is 0. The van der Waals surface area contributed by atoms with Crippen molar-refractivity contribution in [2.24, 2.45) is 0 Å². The van der Waals surface area contributed by atoms with Gasteiger partial charge in [-0.05, 0) is 31.9 Å². The van der Waals surface area contributed by atoms with E-state index in [2.05, 4.69) is 24.9 Å². The first-order valence-electron chi connectivity index (χ1n) is 6.56. The van der Waals surface area contributed by atoms with Gasteiger partial charge in [0.1, 0.15) is 0 Å². The standard InChI is InChI=1S/C8H11N.C4H8.2C2H6/c1-3-8-4-5-9-6-7(8)2;1-3-4-2;2*1-2/h3-4,6,9H,1,5H2,2H3;3-4H,1-2H3;2*1-2H3/b;4-3+;;. The monoisotopic (exact) mass is 237 g/mol. The molecule has 0 aromatic rings. The summed E-state index contributed by atoms with van der Waals surface area (Å²) in [5, 5.41) is 3.11. The van der Waals surface area contributed by atoms with Crippen LogP contribution >= 0.6 is 0 Å². The number of dihydropyridines is 1. The molecule has 0 radical (unpaired) electrons. The quantitative estimate of drug-likeness (QED) is 0.615. The van der Waals surface area contributed by atoms with Gasteiger partial charge in [-0.2, -0.15) is 0 Å². The Morgan fingerprint density at radius 3 is 1.82 bits per heavy atom. The normalized spacial score (nSPS) is 12.2. The molecule has 1 nitrogen and oxygen atoms in total. The van der Waals surface area contributed by atoms with Crippen LogP contribution in [0.25, 0.3) is 0 Å². The topological polar surface area (TPSA) is 12.0 Å². The third kappa shape index (κ3) is 14.8. The van der Waals surface area contributed by atoms with Gasteiger partial charge in [0.25, 0.3) is 0 Å². The van der Waals surface area contributed by atoms with Crippen LogP contribution in [0, 0.1) is 0 Å². The minimum absolute atomic E-state index is 0.929. The van der Waals surface area contributed by atoms with E-state index in [1.54, 1.807) is 0 Å². The first-order chi connectivity index (χ1) is 8.26. The summed E-state index contributed by atoms with van der Waals surface area (Å²) in [6.45, 7) is 18.7. The largest absolute Gasteiger partial charge is 0.387 e. The summed E-state index contributed by atoms with van der Waals surface area (Å²) in [6, 6.07) is 0. The maximum absolute atomic E-state index is 3.70. The van der Waals surface area contributed by atoms with Crippen molar-refractivity contribution in [3.05, 3.63) is 48.2 Å². The van der Waals surface area contributed by atoms with Crippen molar-refractivity contribution in [3.63, 3.8) is 0 Å². The van der Waals surface area contributed by atoms with E-state index >= 15 is 0 Å². The molecule has 1 N–H and O–H groups in total. The van der Waals surface area contributed by atoms with E-state index < -0.39 is 0 Å². The fourth-order valence-corrected chi connectivity index (χ4v) is 0.870. The average molecular weight is 237 g/mol. The molecule has 0 aromatic carbocycles. The van der Waals surface area contributed by atoms with Crippen molar-refractivity contribution in [3.8, 4) is 0 Å². The molecular formula is C16H31N. The maximum atomic E-state index is 3.70. The van der Waals surface area contributed by atoms with Crippen LogP contribution in [-0.4, -0.2) is 6.54 Å². The van der Waals surface area contributed by atoms with Gasteiger partial charge in [0.2, 0.25) is 0 Å². The second-order valence-electron chi connectivity index (χ2n) is 2.77. The first kappa shape index (κ1) is 21.1. The van der Waals surface area contributed by atoms with E-state index in [-0.39, 0.29) is 0 Å². The van der Waals surface area contributed by atoms with Gasteiger partial charge in [-0.25, -0.2) is 0 Å². The molecule has 0 bridgehead atoms. The molecule has 0 saturated carbocycles. The fourth-order valence-electron chi connectivity index (χ4n) is 0.870. The van der Waals surface area contributed by atoms with Gasteiger partial charge in [-0.1, -0.05) is 58.6 Å². The highest BCUT2D eigenvalue weighted by Crippen LogP contribution is 2.10. The van der Waals surface area contributed by atoms with Crippen LogP contribution in [0.4, 0.5) is 0 Å². The molecule has 1 aliphatic heterocycles. The van der Waals surface area contributed by atoms with Crippen molar-refractivity contribution >= 4 is 0 Å². The lowest BCUT2D eigenvalue weighted by Gasteiger charge is -2.08. The second-order valence-corrected chi connectivity index (χ2v) is 2.77. The Morgan fingerprint density at radius 2 is 1.59 bits per heavy atom. The Bertz CT molecular complexity index is 228. The van der Waals surface area contributed by atoms with Crippen LogP contribution in [0.1, 0.15) is 48.5 Å². The van der Waals surface area contributed by atoms with Crippen LogP contribution in [0.15, 0.2) is 48.2 Å². The van der Waals surface area contributed by atoms with E-state index in [9.17, 15) is 0 Å². The second kappa shape index (κ2) is 20.2. The zero-order valence-corrected chi connectivity index (χ0v) is 12.8. The minimum Gasteiger partial charge on any atom is -0.387 e. The summed E-state index contributed by atoms with van der Waals surface area (Å²) < 4.78 is 0. The molecule has 0 spiro atoms. The van der Waals surface area contributed by atoms with E-state index in [0.29, 0.717) is 0 Å². The Hall–Kier alpha value is -1.24. The van der Waals surface area contributed by atoms with Crippen molar-refractivity contribution < 1.29 is 0 Å². The summed E-state index contributed by atoms with van der Waals surface area (Å²) in [7, 11) is 0. The zero-order chi connectivity index (χ0) is 14.1. The number of hydrogen-bond donors (Lipinski definition) is 1. The molecule has 0 fully saturated rings. The molecule has 0 atom stereocenters. The van der Waals surface area contributed by atoms with E-state index in [0.717, 1.165) is 6.54 Å². The molecule has 0 aliphatic carbocycles. The van der Waals surface area contributed by atoms with E-state index in [4.69, 9.17) is 0 Å². The lowest BCUT2D eigenvalue weighted by atomic mass is 10.1. The van der Waals surface area contributed by atoms with Crippen LogP contribution in [0.3, 0.4) is 0 Å². The van der Waals surface area contributed by atoms with Crippen molar-refractivity contribution in [1.29, 1.82) is 0 Å². The third-order valence-corrected chi connectivity index (χ3v) is 1.77. The van der Waals surface area contributed by atoms with Gasteiger partial charge in [0, 0.05) is 12.7 Å². The lowest BCUT2D eigenvalue weighted by Crippen LogP contribution is -2.10. The van der Waals surface area contributed by atoms with Crippen molar-refractivity contribution in [2.45, 2.75) is 48.5 Å². The molecule has 0 saturated heterocycles. The molecule has 1 rings (SSSR count). The Kier molecular flexibility index (Phi) is 25.1. The van der Waals surface area contributed by atoms with Crippen LogP contribution < -0.4 is 5.32 Å². The molecule has 0 unspecified atom stereocenters. The molecule has 17 heavy (non-hydrogen) atoms. The number of allylic oxidation sites excluding steroid dienone is 5. The van der Waals surface area contributed by atoms with Crippen LogP contribution in [-0.2, 0) is 0 Å². The van der Waals surface area contributed by atoms with Gasteiger partial charge in [0.05, 0.1) is 0 Å². The molecule has 1 heterocycles. The average Bonchev–Trinajstić information content (AvgIpc) is 2.44. The Balaban J connectivity index is -0.000000208. The predicted octanol–water partition coefficient (Wildman–Crippen LogP) is 5.24. The van der Waals surface area contributed by atoms with Gasteiger partial charge in [-0.3, -0.25) is 0 Å². The minimum atomic E-state index is 0.929. The third-order valence-electron chi connectivity index (χ3n) is 1.77. The molecule has 1 heteroatoms. The smallest absolute Gasteiger partial charge is 0.0334 e. The van der Waals surface area contributed by atoms with Gasteiger partial charge >= 0.3 is 0 Å². The molecule has 0 aromatic heterocycles. The molecule has 1 aliphatic rings. The van der Waals surface area contributed by atoms with Crippen LogP contribution in [0.5, 0.6) is 0 Å². The lowest BCUT2D eigenvalue weighted by molar-refractivity contribution is 0.944. The van der Waals surface area contributed by atoms with Gasteiger partial charge < -0.3 is 5.32 Å². The van der Waals surface area contributed by atoms with Gasteiger partial charge in [-0.15, -0.1) is 0 Å². The van der Waals surface area contributed by atoms with E-state index in [1.165, 1.54) is 11.1 Å². The highest BCUT2D eigenvalue weighted by molar-refractivity contribution is 5.39. The maximum Gasteiger partial charge on any atom is 0.0334 e. The van der Waals surface area contributed by atoms with Crippen molar-refractivity contribution in [2.75, 3.05) is 6.54 Å². The summed E-state index contributed by atoms with van der Waals surface area (Å²) in [5.74, 6) is 0. The predicted molar refractivity (Wildman–Crippen MR) is 83.2 cm³/mol. The SMILES string of the molecule is C/C=C/C.C=CC1=CCNC=C1C.CC.CC. The van der Waals surface area contributed by atoms with Crippen LogP contribution in [0.2, 0.25) is 0 Å². The summed E-state index contributed by atoms with van der Waals surface area (Å²) in [5.41, 5.74) is 2.50. The summed E-state index contributed by atoms with van der Waals surface area (Å²) in [6.07, 6.45) is 10.0.